The molecule has 122 valence electrons. The Bertz CT molecular complexity index is 321. The number of nitrogens with zero attached hydrogens (tertiary/aromatic N) is 1. The van der Waals surface area contributed by atoms with Crippen molar-refractivity contribution >= 4 is 5.91 Å². The van der Waals surface area contributed by atoms with Crippen molar-refractivity contribution in [3.8, 4) is 0 Å². The minimum absolute atomic E-state index is 0.116. The molecule has 0 aromatic carbocycles. The summed E-state index contributed by atoms with van der Waals surface area (Å²) >= 11 is 0. The molecular formula is C16H31N3O2. The van der Waals surface area contributed by atoms with Crippen LogP contribution in [0, 0.1) is 5.92 Å². The van der Waals surface area contributed by atoms with Crippen molar-refractivity contribution in [2.24, 2.45) is 5.92 Å². The smallest absolute Gasteiger partial charge is 0.225 e. The van der Waals surface area contributed by atoms with E-state index in [2.05, 4.69) is 17.6 Å². The Hall–Kier alpha value is -0.650. The van der Waals surface area contributed by atoms with Crippen molar-refractivity contribution in [3.63, 3.8) is 0 Å². The number of ether oxygens (including phenoxy) is 1. The topological polar surface area (TPSA) is 53.6 Å². The van der Waals surface area contributed by atoms with Crippen LogP contribution in [-0.2, 0) is 9.53 Å². The van der Waals surface area contributed by atoms with Crippen LogP contribution in [0.4, 0.5) is 0 Å². The first-order valence-electron chi connectivity index (χ1n) is 8.42. The fourth-order valence-corrected chi connectivity index (χ4v) is 3.30. The van der Waals surface area contributed by atoms with Crippen LogP contribution in [0.5, 0.6) is 0 Å². The summed E-state index contributed by atoms with van der Waals surface area (Å²) in [6.45, 7) is 10.6. The van der Waals surface area contributed by atoms with E-state index in [0.717, 1.165) is 52.1 Å². The summed E-state index contributed by atoms with van der Waals surface area (Å²) in [5.41, 5.74) is 0. The lowest BCUT2D eigenvalue weighted by Crippen LogP contribution is -2.50. The van der Waals surface area contributed by atoms with Crippen LogP contribution >= 0.6 is 0 Å². The zero-order valence-corrected chi connectivity index (χ0v) is 13.7. The van der Waals surface area contributed by atoms with Gasteiger partial charge < -0.3 is 20.3 Å². The molecule has 2 heterocycles. The number of piperidine rings is 1. The second kappa shape index (κ2) is 8.11. The Morgan fingerprint density at radius 1 is 1.33 bits per heavy atom. The maximum atomic E-state index is 12.0. The second-order valence-electron chi connectivity index (χ2n) is 6.78. The Kier molecular flexibility index (Phi) is 6.45. The molecule has 2 rings (SSSR count). The minimum Gasteiger partial charge on any atom is -0.379 e. The Balaban J connectivity index is 1.66. The van der Waals surface area contributed by atoms with Crippen LogP contribution in [0.1, 0.15) is 40.0 Å². The summed E-state index contributed by atoms with van der Waals surface area (Å²) in [7, 11) is 0. The number of likely N-dealkylation sites (tertiary alicyclic amines) is 1. The Labute approximate surface area is 128 Å². The molecule has 0 radical (unpaired) electrons. The van der Waals surface area contributed by atoms with Gasteiger partial charge in [0.1, 0.15) is 0 Å². The van der Waals surface area contributed by atoms with Crippen molar-refractivity contribution < 1.29 is 9.53 Å². The van der Waals surface area contributed by atoms with Crippen LogP contribution in [-0.4, -0.2) is 61.8 Å². The highest BCUT2D eigenvalue weighted by atomic mass is 16.5. The van der Waals surface area contributed by atoms with Crippen LogP contribution in [0.3, 0.4) is 0 Å². The molecule has 1 amide bonds. The maximum Gasteiger partial charge on any atom is 0.225 e. The van der Waals surface area contributed by atoms with Gasteiger partial charge in [0.25, 0.3) is 0 Å². The predicted octanol–water partition coefficient (Wildman–Crippen LogP) is 0.990. The monoisotopic (exact) mass is 297 g/mol. The number of carbonyl (C=O) groups excluding carboxylic acids is 1. The normalized spacial score (nSPS) is 26.1. The third-order valence-corrected chi connectivity index (χ3v) is 4.46. The molecule has 2 N–H and O–H groups in total. The standard InChI is InChI=1S/C16H31N3O2/c1-12(2)16(20)19-7-4-14(5-8-19)18-13(3)10-15-11-21-9-6-17-15/h12-15,17-18H,4-11H2,1-3H3. The molecule has 2 aliphatic heterocycles. The molecule has 2 aliphatic rings. The lowest BCUT2D eigenvalue weighted by atomic mass is 10.0. The highest BCUT2D eigenvalue weighted by molar-refractivity contribution is 5.78. The summed E-state index contributed by atoms with van der Waals surface area (Å²) in [6.07, 6.45) is 3.24. The lowest BCUT2D eigenvalue weighted by molar-refractivity contribution is -0.135. The zero-order chi connectivity index (χ0) is 15.2. The predicted molar refractivity (Wildman–Crippen MR) is 84.3 cm³/mol. The van der Waals surface area contributed by atoms with Crippen LogP contribution in [0.15, 0.2) is 0 Å². The average molecular weight is 297 g/mol. The fraction of sp³-hybridized carbons (Fsp3) is 0.938. The van der Waals surface area contributed by atoms with Gasteiger partial charge in [0.2, 0.25) is 5.91 Å². The van der Waals surface area contributed by atoms with E-state index in [1.54, 1.807) is 0 Å². The summed E-state index contributed by atoms with van der Waals surface area (Å²) in [4.78, 5) is 14.0. The SMILES string of the molecule is CC(CC1COCCN1)NC1CCN(C(=O)C(C)C)CC1. The molecule has 5 heteroatoms. The van der Waals surface area contributed by atoms with Gasteiger partial charge in [-0.2, -0.15) is 0 Å². The molecule has 0 bridgehead atoms. The molecule has 0 aromatic rings. The van der Waals surface area contributed by atoms with Gasteiger partial charge in [0, 0.05) is 43.7 Å². The van der Waals surface area contributed by atoms with Crippen molar-refractivity contribution in [1.82, 2.24) is 15.5 Å². The van der Waals surface area contributed by atoms with Gasteiger partial charge in [-0.05, 0) is 26.2 Å². The second-order valence-corrected chi connectivity index (χ2v) is 6.78. The largest absolute Gasteiger partial charge is 0.379 e. The third-order valence-electron chi connectivity index (χ3n) is 4.46. The number of hydrogen-bond acceptors (Lipinski definition) is 4. The van der Waals surface area contributed by atoms with Crippen molar-refractivity contribution in [3.05, 3.63) is 0 Å². The first-order chi connectivity index (χ1) is 10.1. The molecular weight excluding hydrogens is 266 g/mol. The molecule has 5 nitrogen and oxygen atoms in total. The van der Waals surface area contributed by atoms with E-state index in [0.29, 0.717) is 24.0 Å². The van der Waals surface area contributed by atoms with E-state index in [9.17, 15) is 4.79 Å². The van der Waals surface area contributed by atoms with Gasteiger partial charge in [-0.1, -0.05) is 13.8 Å². The molecule has 2 atom stereocenters. The van der Waals surface area contributed by atoms with E-state index in [4.69, 9.17) is 4.74 Å². The molecule has 0 aromatic heterocycles. The molecule has 2 saturated heterocycles. The maximum absolute atomic E-state index is 12.0. The highest BCUT2D eigenvalue weighted by Gasteiger charge is 2.25. The molecule has 2 unspecified atom stereocenters. The van der Waals surface area contributed by atoms with Gasteiger partial charge in [-0.25, -0.2) is 0 Å². The number of carbonyl (C=O) groups is 1. The van der Waals surface area contributed by atoms with Gasteiger partial charge >= 0.3 is 0 Å². The summed E-state index contributed by atoms with van der Waals surface area (Å²) < 4.78 is 5.50. The van der Waals surface area contributed by atoms with E-state index in [1.807, 2.05) is 18.7 Å². The van der Waals surface area contributed by atoms with E-state index in [1.165, 1.54) is 0 Å². The first kappa shape index (κ1) is 16.7. The lowest BCUT2D eigenvalue weighted by Gasteiger charge is -2.35. The zero-order valence-electron chi connectivity index (χ0n) is 13.7. The van der Waals surface area contributed by atoms with Crippen LogP contribution in [0.2, 0.25) is 0 Å². The van der Waals surface area contributed by atoms with Gasteiger partial charge in [-0.15, -0.1) is 0 Å². The molecule has 0 aliphatic carbocycles. The van der Waals surface area contributed by atoms with Gasteiger partial charge in [0.05, 0.1) is 13.2 Å². The van der Waals surface area contributed by atoms with Crippen LogP contribution in [0.25, 0.3) is 0 Å². The average Bonchev–Trinajstić information content (AvgIpc) is 2.48. The van der Waals surface area contributed by atoms with Crippen LogP contribution < -0.4 is 10.6 Å². The minimum atomic E-state index is 0.116. The number of morpholine rings is 1. The van der Waals surface area contributed by atoms with Gasteiger partial charge in [-0.3, -0.25) is 4.79 Å². The van der Waals surface area contributed by atoms with Crippen molar-refractivity contribution in [1.29, 1.82) is 0 Å². The molecule has 21 heavy (non-hydrogen) atoms. The van der Waals surface area contributed by atoms with E-state index in [-0.39, 0.29) is 5.92 Å². The molecule has 0 spiro atoms. The summed E-state index contributed by atoms with van der Waals surface area (Å²) in [6, 6.07) is 1.51. The number of rotatable bonds is 5. The van der Waals surface area contributed by atoms with E-state index >= 15 is 0 Å². The summed E-state index contributed by atoms with van der Waals surface area (Å²) in [5, 5.41) is 7.23. The summed E-state index contributed by atoms with van der Waals surface area (Å²) in [5.74, 6) is 0.413. The van der Waals surface area contributed by atoms with Gasteiger partial charge in [0.15, 0.2) is 0 Å². The fourth-order valence-electron chi connectivity index (χ4n) is 3.30. The first-order valence-corrected chi connectivity index (χ1v) is 8.42. The molecule has 0 saturated carbocycles. The Morgan fingerprint density at radius 3 is 2.62 bits per heavy atom. The van der Waals surface area contributed by atoms with Crippen molar-refractivity contribution in [2.75, 3.05) is 32.8 Å². The van der Waals surface area contributed by atoms with E-state index < -0.39 is 0 Å². The van der Waals surface area contributed by atoms with Crippen molar-refractivity contribution in [2.45, 2.75) is 58.2 Å². The highest BCUT2D eigenvalue weighted by Crippen LogP contribution is 2.14. The number of nitrogens with one attached hydrogen (secondary N) is 2. The molecule has 2 fully saturated rings. The quantitative estimate of drug-likeness (QED) is 0.794. The number of amides is 1. The third kappa shape index (κ3) is 5.24. The Morgan fingerprint density at radius 2 is 2.05 bits per heavy atom. The number of hydrogen-bond donors (Lipinski definition) is 2.